The lowest BCUT2D eigenvalue weighted by atomic mass is 10.1. The fraction of sp³-hybridized carbons (Fsp3) is 0.125. The Bertz CT molecular complexity index is 1390. The largest absolute Gasteiger partial charge is 0.483 e. The number of aromatic carboxylic acids is 1. The number of ether oxygens (including phenoxy) is 1. The van der Waals surface area contributed by atoms with Crippen molar-refractivity contribution in [2.24, 2.45) is 0 Å². The van der Waals surface area contributed by atoms with Crippen molar-refractivity contribution in [1.29, 1.82) is 0 Å². The Kier molecular flexibility index (Phi) is 6.09. The van der Waals surface area contributed by atoms with E-state index in [9.17, 15) is 19.5 Å². The number of aryl methyl sites for hydroxylation is 2. The van der Waals surface area contributed by atoms with E-state index in [1.54, 1.807) is 24.5 Å². The van der Waals surface area contributed by atoms with Gasteiger partial charge in [-0.1, -0.05) is 54.1 Å². The molecule has 2 aromatic heterocycles. The van der Waals surface area contributed by atoms with Crippen molar-refractivity contribution < 1.29 is 14.6 Å². The zero-order chi connectivity index (χ0) is 22.7. The molecule has 4 rings (SSSR count). The molecule has 0 aliphatic rings. The molecule has 1 N–H and O–H groups in total. The molecule has 0 amide bonds. The summed E-state index contributed by atoms with van der Waals surface area (Å²) in [5.74, 6) is -1.67. The lowest BCUT2D eigenvalue weighted by molar-refractivity contribution is 0.0694. The average Bonchev–Trinajstić information content (AvgIpc) is 2.79. The molecule has 0 bridgehead atoms. The summed E-state index contributed by atoms with van der Waals surface area (Å²) in [7, 11) is 0. The van der Waals surface area contributed by atoms with Crippen LogP contribution in [0, 0.1) is 0 Å². The van der Waals surface area contributed by atoms with Crippen molar-refractivity contribution in [1.82, 2.24) is 8.97 Å². The summed E-state index contributed by atoms with van der Waals surface area (Å²) in [5.41, 5.74) is 0.0306. The molecule has 0 fully saturated rings. The minimum Gasteiger partial charge on any atom is -0.483 e. The number of hydrogen-bond donors (Lipinski definition) is 1. The first kappa shape index (κ1) is 21.4. The highest BCUT2D eigenvalue weighted by Gasteiger charge is 2.20. The van der Waals surface area contributed by atoms with Crippen LogP contribution in [0.25, 0.3) is 5.52 Å². The minimum absolute atomic E-state index is 0.00506. The Hall–Kier alpha value is -3.84. The number of pyridine rings is 1. The van der Waals surface area contributed by atoms with Gasteiger partial charge in [-0.2, -0.15) is 0 Å². The summed E-state index contributed by atoms with van der Waals surface area (Å²) in [6, 6.07) is 16.4. The number of carbonyl (C=O) groups is 1. The number of nitrogens with zero attached hydrogens (tertiary/aromatic N) is 2. The number of carboxylic acid groups (broad SMARTS) is 1. The summed E-state index contributed by atoms with van der Waals surface area (Å²) in [6.07, 6.45) is 4.81. The third-order valence-corrected chi connectivity index (χ3v) is 5.33. The molecular weight excluding hydrogens is 432 g/mol. The van der Waals surface area contributed by atoms with E-state index in [4.69, 9.17) is 16.3 Å². The van der Waals surface area contributed by atoms with Gasteiger partial charge in [0.2, 0.25) is 5.43 Å². The third kappa shape index (κ3) is 4.43. The highest BCUT2D eigenvalue weighted by molar-refractivity contribution is 6.30. The predicted molar refractivity (Wildman–Crippen MR) is 121 cm³/mol. The Balaban J connectivity index is 1.75. The number of halogens is 1. The Labute approximate surface area is 187 Å². The van der Waals surface area contributed by atoms with Gasteiger partial charge in [-0.25, -0.2) is 4.79 Å². The van der Waals surface area contributed by atoms with E-state index >= 15 is 0 Å². The maximum atomic E-state index is 13.2. The van der Waals surface area contributed by atoms with Crippen LogP contribution < -0.4 is 15.7 Å². The van der Waals surface area contributed by atoms with E-state index in [-0.39, 0.29) is 17.9 Å². The maximum absolute atomic E-state index is 13.2. The quantitative estimate of drug-likeness (QED) is 0.464. The van der Waals surface area contributed by atoms with E-state index < -0.39 is 22.5 Å². The predicted octanol–water partition coefficient (Wildman–Crippen LogP) is 3.63. The van der Waals surface area contributed by atoms with Gasteiger partial charge in [0, 0.05) is 30.2 Å². The number of fused-ring (bicyclic) bond motifs is 1. The first-order valence-corrected chi connectivity index (χ1v) is 10.2. The SMILES string of the molecule is O=C(O)c1cn2ccn(CCc3ccc(Cl)cc3)c(=O)c2c(OCc2ccccc2)c1=O. The third-order valence-electron chi connectivity index (χ3n) is 5.07. The summed E-state index contributed by atoms with van der Waals surface area (Å²) in [5, 5.41) is 10.1. The normalized spacial score (nSPS) is 10.9. The highest BCUT2D eigenvalue weighted by Crippen LogP contribution is 2.16. The molecule has 0 radical (unpaired) electrons. The van der Waals surface area contributed by atoms with Crippen molar-refractivity contribution in [3.8, 4) is 5.75 Å². The van der Waals surface area contributed by atoms with Crippen LogP contribution in [-0.4, -0.2) is 20.0 Å². The second kappa shape index (κ2) is 9.11. The minimum atomic E-state index is -1.39. The van der Waals surface area contributed by atoms with Crippen molar-refractivity contribution >= 4 is 23.1 Å². The van der Waals surface area contributed by atoms with Gasteiger partial charge in [0.05, 0.1) is 0 Å². The molecule has 0 aliphatic heterocycles. The topological polar surface area (TPSA) is 90.0 Å². The molecule has 0 aliphatic carbocycles. The van der Waals surface area contributed by atoms with Gasteiger partial charge in [0.25, 0.3) is 5.56 Å². The monoisotopic (exact) mass is 450 g/mol. The Morgan fingerprint density at radius 3 is 2.38 bits per heavy atom. The zero-order valence-corrected chi connectivity index (χ0v) is 17.7. The van der Waals surface area contributed by atoms with Gasteiger partial charge < -0.3 is 18.8 Å². The standard InChI is InChI=1S/C24H19ClN2O5/c25-18-8-6-16(7-9-18)10-11-26-12-13-27-14-19(24(30)31)21(28)22(20(27)23(26)29)32-15-17-4-2-1-3-5-17/h1-9,12-14H,10-11,15H2,(H,30,31). The van der Waals surface area contributed by atoms with Gasteiger partial charge in [-0.15, -0.1) is 0 Å². The van der Waals surface area contributed by atoms with Crippen LogP contribution in [-0.2, 0) is 19.6 Å². The second-order valence-electron chi connectivity index (χ2n) is 7.21. The van der Waals surface area contributed by atoms with E-state index in [0.29, 0.717) is 18.0 Å². The molecule has 4 aromatic rings. The van der Waals surface area contributed by atoms with Crippen LogP contribution in [0.5, 0.6) is 5.75 Å². The fourth-order valence-electron chi connectivity index (χ4n) is 3.38. The molecule has 162 valence electrons. The molecule has 0 saturated heterocycles. The first-order valence-electron chi connectivity index (χ1n) is 9.87. The number of carboxylic acids is 1. The molecular formula is C24H19ClN2O5. The highest BCUT2D eigenvalue weighted by atomic mass is 35.5. The van der Waals surface area contributed by atoms with Crippen LogP contribution in [0.2, 0.25) is 5.02 Å². The van der Waals surface area contributed by atoms with Crippen LogP contribution in [0.15, 0.2) is 82.8 Å². The van der Waals surface area contributed by atoms with E-state index in [2.05, 4.69) is 0 Å². The first-order chi connectivity index (χ1) is 15.4. The average molecular weight is 451 g/mol. The van der Waals surface area contributed by atoms with Crippen molar-refractivity contribution in [2.45, 2.75) is 19.6 Å². The van der Waals surface area contributed by atoms with Gasteiger partial charge in [0.15, 0.2) is 11.3 Å². The Morgan fingerprint density at radius 1 is 0.969 bits per heavy atom. The van der Waals surface area contributed by atoms with E-state index in [1.807, 2.05) is 42.5 Å². The number of rotatable bonds is 7. The van der Waals surface area contributed by atoms with Crippen LogP contribution >= 0.6 is 11.6 Å². The molecule has 0 saturated carbocycles. The Morgan fingerprint density at radius 2 is 1.69 bits per heavy atom. The molecule has 2 aromatic carbocycles. The molecule has 8 heteroatoms. The fourth-order valence-corrected chi connectivity index (χ4v) is 3.51. The van der Waals surface area contributed by atoms with E-state index in [0.717, 1.165) is 17.3 Å². The number of hydrogen-bond acceptors (Lipinski definition) is 4. The zero-order valence-electron chi connectivity index (χ0n) is 16.9. The van der Waals surface area contributed by atoms with Crippen LogP contribution in [0.3, 0.4) is 0 Å². The van der Waals surface area contributed by atoms with Crippen molar-refractivity contribution in [3.05, 3.63) is 115 Å². The van der Waals surface area contributed by atoms with Gasteiger partial charge in [-0.3, -0.25) is 9.59 Å². The number of aromatic nitrogens is 2. The molecule has 0 unspecified atom stereocenters. The van der Waals surface area contributed by atoms with E-state index in [1.165, 1.54) is 8.97 Å². The molecule has 2 heterocycles. The lowest BCUT2D eigenvalue weighted by Crippen LogP contribution is -2.28. The number of benzene rings is 2. The molecule has 0 atom stereocenters. The van der Waals surface area contributed by atoms with Gasteiger partial charge in [0.1, 0.15) is 12.2 Å². The second-order valence-corrected chi connectivity index (χ2v) is 7.65. The molecule has 0 spiro atoms. The summed E-state index contributed by atoms with van der Waals surface area (Å²) in [4.78, 5) is 37.6. The summed E-state index contributed by atoms with van der Waals surface area (Å²) in [6.45, 7) is 0.387. The van der Waals surface area contributed by atoms with Gasteiger partial charge >= 0.3 is 5.97 Å². The van der Waals surface area contributed by atoms with Gasteiger partial charge in [-0.05, 0) is 29.7 Å². The van der Waals surface area contributed by atoms with Crippen LogP contribution in [0.4, 0.5) is 0 Å². The van der Waals surface area contributed by atoms with Crippen LogP contribution in [0.1, 0.15) is 21.5 Å². The molecule has 32 heavy (non-hydrogen) atoms. The lowest BCUT2D eigenvalue weighted by Gasteiger charge is -2.13. The van der Waals surface area contributed by atoms with Crippen molar-refractivity contribution in [3.63, 3.8) is 0 Å². The van der Waals surface area contributed by atoms with Crippen molar-refractivity contribution in [2.75, 3.05) is 0 Å². The molecule has 7 nitrogen and oxygen atoms in total. The summed E-state index contributed by atoms with van der Waals surface area (Å²) < 4.78 is 8.51. The smallest absolute Gasteiger partial charge is 0.341 e. The maximum Gasteiger partial charge on any atom is 0.341 e. The summed E-state index contributed by atoms with van der Waals surface area (Å²) >= 11 is 5.92.